The molecule has 0 aliphatic heterocycles. The Morgan fingerprint density at radius 1 is 1.83 bits per heavy atom. The first-order valence-electron chi connectivity index (χ1n) is 4.28. The molecule has 0 aromatic heterocycles. The maximum Gasteiger partial charge on any atom is 0.104 e. The first kappa shape index (κ1) is 9.59. The Hall–Kier alpha value is -0.500. The monoisotopic (exact) mass is 187 g/mol. The molecule has 1 rings (SSSR count). The maximum atomic E-state index is 8.45. The summed E-state index contributed by atoms with van der Waals surface area (Å²) in [5, 5.41) is 11.5. The second-order valence-corrected chi connectivity index (χ2v) is 3.81. The van der Waals surface area contributed by atoms with Crippen LogP contribution in [0.5, 0.6) is 0 Å². The fraction of sp³-hybridized carbons (Fsp3) is 0.667. The number of rotatable bonds is 2. The van der Waals surface area contributed by atoms with Crippen LogP contribution in [-0.4, -0.2) is 16.3 Å². The van der Waals surface area contributed by atoms with Crippen LogP contribution in [0.15, 0.2) is 17.3 Å². The van der Waals surface area contributed by atoms with E-state index >= 15 is 0 Å². The number of allylic oxidation sites excluding steroid dienone is 2. The molecule has 2 atom stereocenters. The Balaban J connectivity index is 2.81. The summed E-state index contributed by atoms with van der Waals surface area (Å²) in [6.45, 7) is 2.10. The van der Waals surface area contributed by atoms with Gasteiger partial charge in [0.05, 0.1) is 6.21 Å². The van der Waals surface area contributed by atoms with Crippen molar-refractivity contribution in [2.75, 3.05) is 0 Å². The molecule has 0 radical (unpaired) electrons. The van der Waals surface area contributed by atoms with Gasteiger partial charge in [-0.1, -0.05) is 30.7 Å². The standard InChI is InChI=1S/C9H14ClNO/c1-2-8-5-3-4-6-9(8,10)7-11-12/h4,6-8,12H,2-3,5H2,1H3/b11-7-. The molecule has 0 aromatic carbocycles. The molecule has 0 heterocycles. The molecule has 0 fully saturated rings. The van der Waals surface area contributed by atoms with Crippen LogP contribution in [0.3, 0.4) is 0 Å². The number of alkyl halides is 1. The summed E-state index contributed by atoms with van der Waals surface area (Å²) in [4.78, 5) is -0.554. The van der Waals surface area contributed by atoms with Gasteiger partial charge in [0.15, 0.2) is 0 Å². The minimum atomic E-state index is -0.554. The van der Waals surface area contributed by atoms with Crippen molar-refractivity contribution in [1.29, 1.82) is 0 Å². The van der Waals surface area contributed by atoms with Crippen molar-refractivity contribution in [1.82, 2.24) is 0 Å². The van der Waals surface area contributed by atoms with Gasteiger partial charge in [-0.15, -0.1) is 11.6 Å². The van der Waals surface area contributed by atoms with Crippen molar-refractivity contribution >= 4 is 17.8 Å². The molecule has 1 aliphatic rings. The predicted octanol–water partition coefficient (Wildman–Crippen LogP) is 2.80. The zero-order valence-electron chi connectivity index (χ0n) is 7.20. The number of hydrogen-bond donors (Lipinski definition) is 1. The minimum Gasteiger partial charge on any atom is -0.411 e. The molecule has 1 aliphatic carbocycles. The molecule has 2 unspecified atom stereocenters. The number of nitrogens with zero attached hydrogens (tertiary/aromatic N) is 1. The highest BCUT2D eigenvalue weighted by Crippen LogP contribution is 2.35. The molecule has 0 spiro atoms. The highest BCUT2D eigenvalue weighted by molar-refractivity contribution is 6.34. The van der Waals surface area contributed by atoms with E-state index < -0.39 is 4.87 Å². The smallest absolute Gasteiger partial charge is 0.104 e. The summed E-state index contributed by atoms with van der Waals surface area (Å²) >= 11 is 6.25. The second-order valence-electron chi connectivity index (χ2n) is 3.16. The van der Waals surface area contributed by atoms with Crippen LogP contribution < -0.4 is 0 Å². The van der Waals surface area contributed by atoms with Gasteiger partial charge in [0.1, 0.15) is 4.87 Å². The number of oxime groups is 1. The average molecular weight is 188 g/mol. The van der Waals surface area contributed by atoms with Gasteiger partial charge in [-0.25, -0.2) is 0 Å². The molecule has 2 nitrogen and oxygen atoms in total. The summed E-state index contributed by atoms with van der Waals surface area (Å²) in [5.41, 5.74) is 0. The molecular weight excluding hydrogens is 174 g/mol. The summed E-state index contributed by atoms with van der Waals surface area (Å²) in [6, 6.07) is 0. The van der Waals surface area contributed by atoms with Gasteiger partial charge in [0, 0.05) is 0 Å². The van der Waals surface area contributed by atoms with Gasteiger partial charge >= 0.3 is 0 Å². The van der Waals surface area contributed by atoms with Crippen LogP contribution in [0.25, 0.3) is 0 Å². The largest absolute Gasteiger partial charge is 0.411 e. The lowest BCUT2D eigenvalue weighted by Gasteiger charge is -2.31. The van der Waals surface area contributed by atoms with Gasteiger partial charge in [-0.3, -0.25) is 0 Å². The van der Waals surface area contributed by atoms with E-state index in [9.17, 15) is 0 Å². The van der Waals surface area contributed by atoms with Crippen molar-refractivity contribution in [3.8, 4) is 0 Å². The van der Waals surface area contributed by atoms with E-state index in [-0.39, 0.29) is 0 Å². The van der Waals surface area contributed by atoms with Crippen LogP contribution in [0, 0.1) is 5.92 Å². The number of halogens is 1. The third kappa shape index (κ3) is 1.81. The zero-order valence-corrected chi connectivity index (χ0v) is 7.96. The molecular formula is C9H14ClNO. The Kier molecular flexibility index (Phi) is 3.15. The molecule has 0 saturated carbocycles. The van der Waals surface area contributed by atoms with Crippen LogP contribution in [0.1, 0.15) is 26.2 Å². The van der Waals surface area contributed by atoms with E-state index in [2.05, 4.69) is 12.1 Å². The van der Waals surface area contributed by atoms with Crippen molar-refractivity contribution in [2.45, 2.75) is 31.1 Å². The van der Waals surface area contributed by atoms with Gasteiger partial charge in [0.25, 0.3) is 0 Å². The maximum absolute atomic E-state index is 8.45. The van der Waals surface area contributed by atoms with E-state index in [4.69, 9.17) is 16.8 Å². The molecule has 3 heteroatoms. The van der Waals surface area contributed by atoms with E-state index in [1.807, 2.05) is 12.2 Å². The average Bonchev–Trinajstić information content (AvgIpc) is 2.05. The Morgan fingerprint density at radius 2 is 2.58 bits per heavy atom. The molecule has 0 bridgehead atoms. The highest BCUT2D eigenvalue weighted by atomic mass is 35.5. The fourth-order valence-electron chi connectivity index (χ4n) is 1.67. The Bertz CT molecular complexity index is 203. The van der Waals surface area contributed by atoms with Gasteiger partial charge in [0.2, 0.25) is 0 Å². The van der Waals surface area contributed by atoms with Gasteiger partial charge < -0.3 is 5.21 Å². The normalized spacial score (nSPS) is 36.0. The van der Waals surface area contributed by atoms with Crippen LogP contribution in [-0.2, 0) is 0 Å². The fourth-order valence-corrected chi connectivity index (χ4v) is 2.07. The lowest BCUT2D eigenvalue weighted by Crippen LogP contribution is -2.33. The molecule has 12 heavy (non-hydrogen) atoms. The second kappa shape index (κ2) is 3.94. The quantitative estimate of drug-likeness (QED) is 0.233. The predicted molar refractivity (Wildman–Crippen MR) is 51.0 cm³/mol. The lowest BCUT2D eigenvalue weighted by molar-refractivity contribution is 0.315. The SMILES string of the molecule is CCC1CCC=CC1(Cl)/C=N\O. The van der Waals surface area contributed by atoms with Gasteiger partial charge in [-0.05, 0) is 18.8 Å². The minimum absolute atomic E-state index is 0.389. The van der Waals surface area contributed by atoms with Crippen molar-refractivity contribution in [3.05, 3.63) is 12.2 Å². The van der Waals surface area contributed by atoms with Crippen LogP contribution >= 0.6 is 11.6 Å². The van der Waals surface area contributed by atoms with Gasteiger partial charge in [-0.2, -0.15) is 0 Å². The number of hydrogen-bond acceptors (Lipinski definition) is 2. The molecule has 0 amide bonds. The van der Waals surface area contributed by atoms with Crippen molar-refractivity contribution < 1.29 is 5.21 Å². The first-order valence-corrected chi connectivity index (χ1v) is 4.66. The zero-order chi connectivity index (χ0) is 9.03. The third-order valence-corrected chi connectivity index (χ3v) is 2.96. The third-order valence-electron chi connectivity index (χ3n) is 2.43. The molecule has 1 N–H and O–H groups in total. The Labute approximate surface area is 77.9 Å². The lowest BCUT2D eigenvalue weighted by atomic mass is 9.82. The van der Waals surface area contributed by atoms with E-state index in [1.165, 1.54) is 6.21 Å². The summed E-state index contributed by atoms with van der Waals surface area (Å²) < 4.78 is 0. The van der Waals surface area contributed by atoms with E-state index in [0.29, 0.717) is 5.92 Å². The van der Waals surface area contributed by atoms with Crippen LogP contribution in [0.2, 0.25) is 0 Å². The Morgan fingerprint density at radius 3 is 3.17 bits per heavy atom. The van der Waals surface area contributed by atoms with E-state index in [1.54, 1.807) is 0 Å². The summed E-state index contributed by atoms with van der Waals surface area (Å²) in [5.74, 6) is 0.389. The van der Waals surface area contributed by atoms with E-state index in [0.717, 1.165) is 19.3 Å². The summed E-state index contributed by atoms with van der Waals surface area (Å²) in [7, 11) is 0. The summed E-state index contributed by atoms with van der Waals surface area (Å²) in [6.07, 6.45) is 8.54. The molecule has 68 valence electrons. The van der Waals surface area contributed by atoms with Crippen LogP contribution in [0.4, 0.5) is 0 Å². The highest BCUT2D eigenvalue weighted by Gasteiger charge is 2.33. The first-order chi connectivity index (χ1) is 5.73. The van der Waals surface area contributed by atoms with Crippen molar-refractivity contribution in [3.63, 3.8) is 0 Å². The van der Waals surface area contributed by atoms with Crippen molar-refractivity contribution in [2.24, 2.45) is 11.1 Å². The molecule has 0 aromatic rings. The molecule has 0 saturated heterocycles. The topological polar surface area (TPSA) is 32.6 Å².